The quantitative estimate of drug-likeness (QED) is 0.436. The van der Waals surface area contributed by atoms with Crippen LogP contribution in [0.2, 0.25) is 0 Å². The topological polar surface area (TPSA) is 124 Å². The van der Waals surface area contributed by atoms with Gasteiger partial charge < -0.3 is 34.3 Å². The highest BCUT2D eigenvalue weighted by atomic mass is 16.6. The Kier molecular flexibility index (Phi) is 8.27. The number of hydrogen-bond acceptors (Lipinski definition) is 9. The van der Waals surface area contributed by atoms with E-state index in [1.54, 1.807) is 11.0 Å². The van der Waals surface area contributed by atoms with Gasteiger partial charge in [0.05, 0.1) is 30.9 Å². The SMILES string of the molecule is COC(=O)c1ccc(OC2CC(NCC3(O)CCN(C(=O)OC(C)(C)C)CC3)C2)cc1C(=O)OC. The smallest absolute Gasteiger partial charge is 0.410 e. The predicted octanol–water partition coefficient (Wildman–Crippen LogP) is 2.52. The molecule has 194 valence electrons. The van der Waals surface area contributed by atoms with Gasteiger partial charge in [-0.2, -0.15) is 0 Å². The number of benzene rings is 1. The summed E-state index contributed by atoms with van der Waals surface area (Å²) in [6, 6.07) is 4.80. The third-order valence-corrected chi connectivity index (χ3v) is 6.26. The molecule has 1 amide bonds. The summed E-state index contributed by atoms with van der Waals surface area (Å²) in [5.74, 6) is -0.802. The van der Waals surface area contributed by atoms with Crippen LogP contribution in [-0.2, 0) is 14.2 Å². The Labute approximate surface area is 205 Å². The summed E-state index contributed by atoms with van der Waals surface area (Å²) in [5, 5.41) is 14.3. The number of aliphatic hydroxyl groups is 1. The Hall–Kier alpha value is -2.85. The number of nitrogens with zero attached hydrogens (tertiary/aromatic N) is 1. The van der Waals surface area contributed by atoms with Gasteiger partial charge in [-0.15, -0.1) is 0 Å². The molecule has 3 rings (SSSR count). The number of rotatable bonds is 7. The van der Waals surface area contributed by atoms with Crippen LogP contribution in [0.3, 0.4) is 0 Å². The van der Waals surface area contributed by atoms with E-state index in [2.05, 4.69) is 5.32 Å². The van der Waals surface area contributed by atoms with Crippen molar-refractivity contribution in [3.05, 3.63) is 29.3 Å². The van der Waals surface area contributed by atoms with Crippen LogP contribution in [-0.4, -0.2) is 85.2 Å². The first-order chi connectivity index (χ1) is 16.4. The van der Waals surface area contributed by atoms with Crippen molar-refractivity contribution >= 4 is 18.0 Å². The molecule has 1 saturated carbocycles. The van der Waals surface area contributed by atoms with E-state index in [9.17, 15) is 19.5 Å². The van der Waals surface area contributed by atoms with Crippen LogP contribution in [0.1, 0.15) is 67.2 Å². The molecular weight excluding hydrogens is 456 g/mol. The van der Waals surface area contributed by atoms with Crippen molar-refractivity contribution in [3.8, 4) is 5.75 Å². The third-order valence-electron chi connectivity index (χ3n) is 6.26. The number of methoxy groups -OCH3 is 2. The Morgan fingerprint density at radius 2 is 1.66 bits per heavy atom. The van der Waals surface area contributed by atoms with Crippen LogP contribution in [0.5, 0.6) is 5.75 Å². The molecule has 1 aliphatic heterocycles. The molecule has 0 unspecified atom stereocenters. The molecule has 0 bridgehead atoms. The number of carbonyl (C=O) groups excluding carboxylic acids is 3. The van der Waals surface area contributed by atoms with Crippen LogP contribution < -0.4 is 10.1 Å². The molecule has 1 aromatic rings. The molecule has 1 saturated heterocycles. The van der Waals surface area contributed by atoms with Gasteiger partial charge in [-0.1, -0.05) is 0 Å². The minimum Gasteiger partial charge on any atom is -0.490 e. The van der Waals surface area contributed by atoms with Gasteiger partial charge in [0, 0.05) is 25.7 Å². The van der Waals surface area contributed by atoms with E-state index >= 15 is 0 Å². The van der Waals surface area contributed by atoms with Crippen molar-refractivity contribution in [2.24, 2.45) is 0 Å². The molecule has 35 heavy (non-hydrogen) atoms. The van der Waals surface area contributed by atoms with Crippen molar-refractivity contribution in [2.75, 3.05) is 33.9 Å². The highest BCUT2D eigenvalue weighted by Crippen LogP contribution is 2.29. The van der Waals surface area contributed by atoms with Crippen LogP contribution in [0, 0.1) is 0 Å². The van der Waals surface area contributed by atoms with E-state index in [1.807, 2.05) is 20.8 Å². The minimum absolute atomic E-state index is 0.0503. The average Bonchev–Trinajstić information content (AvgIpc) is 2.78. The molecule has 0 atom stereocenters. The van der Waals surface area contributed by atoms with Crippen LogP contribution >= 0.6 is 0 Å². The third kappa shape index (κ3) is 7.08. The molecule has 10 nitrogen and oxygen atoms in total. The Balaban J connectivity index is 1.44. The number of hydrogen-bond donors (Lipinski definition) is 2. The van der Waals surface area contributed by atoms with Gasteiger partial charge in [0.15, 0.2) is 0 Å². The molecule has 1 aromatic carbocycles. The molecule has 10 heteroatoms. The van der Waals surface area contributed by atoms with Gasteiger partial charge >= 0.3 is 18.0 Å². The van der Waals surface area contributed by atoms with Crippen molar-refractivity contribution in [3.63, 3.8) is 0 Å². The van der Waals surface area contributed by atoms with Crippen LogP contribution in [0.4, 0.5) is 4.79 Å². The highest BCUT2D eigenvalue weighted by molar-refractivity contribution is 6.03. The van der Waals surface area contributed by atoms with E-state index in [1.165, 1.54) is 26.4 Å². The second-order valence-electron chi connectivity index (χ2n) is 10.2. The number of ether oxygens (including phenoxy) is 4. The van der Waals surface area contributed by atoms with E-state index in [0.717, 1.165) is 12.8 Å². The highest BCUT2D eigenvalue weighted by Gasteiger charge is 2.38. The fourth-order valence-corrected chi connectivity index (χ4v) is 4.13. The lowest BCUT2D eigenvalue weighted by molar-refractivity contribution is -0.0361. The molecule has 2 fully saturated rings. The van der Waals surface area contributed by atoms with Gasteiger partial charge in [0.2, 0.25) is 0 Å². The molecule has 0 aromatic heterocycles. The van der Waals surface area contributed by atoms with Gasteiger partial charge in [-0.25, -0.2) is 14.4 Å². The normalized spacial score (nSPS) is 21.5. The molecule has 0 spiro atoms. The monoisotopic (exact) mass is 492 g/mol. The first kappa shape index (κ1) is 26.7. The number of carbonyl (C=O) groups is 3. The van der Waals surface area contributed by atoms with Crippen LogP contribution in [0.15, 0.2) is 18.2 Å². The fourth-order valence-electron chi connectivity index (χ4n) is 4.13. The zero-order valence-corrected chi connectivity index (χ0v) is 21.1. The molecule has 1 aliphatic carbocycles. The molecule has 1 heterocycles. The number of nitrogens with one attached hydrogen (secondary N) is 1. The number of esters is 2. The Bertz CT molecular complexity index is 928. The molecule has 2 N–H and O–H groups in total. The Morgan fingerprint density at radius 3 is 2.23 bits per heavy atom. The second-order valence-corrected chi connectivity index (χ2v) is 10.2. The summed E-state index contributed by atoms with van der Waals surface area (Å²) in [6.07, 6.45) is 2.05. The number of likely N-dealkylation sites (tertiary alicyclic amines) is 1. The number of amides is 1. The summed E-state index contributed by atoms with van der Waals surface area (Å²) in [4.78, 5) is 37.8. The van der Waals surface area contributed by atoms with E-state index < -0.39 is 23.1 Å². The van der Waals surface area contributed by atoms with Crippen molar-refractivity contribution < 1.29 is 38.4 Å². The second kappa shape index (κ2) is 10.8. The lowest BCUT2D eigenvalue weighted by Crippen LogP contribution is -2.56. The lowest BCUT2D eigenvalue weighted by Gasteiger charge is -2.41. The maximum Gasteiger partial charge on any atom is 0.410 e. The van der Waals surface area contributed by atoms with Gasteiger partial charge in [-0.05, 0) is 64.7 Å². The maximum atomic E-state index is 12.2. The standard InChI is InChI=1S/C25H36N2O8/c1-24(2,3)35-23(30)27-10-8-25(31,9-11-27)15-26-16-12-18(13-16)34-17-6-7-19(21(28)32-4)20(14-17)22(29)33-5/h6-7,14,16,18,26,31H,8-13,15H2,1-5H3. The van der Waals surface area contributed by atoms with E-state index in [0.29, 0.717) is 38.2 Å². The molecular formula is C25H36N2O8. The van der Waals surface area contributed by atoms with Crippen molar-refractivity contribution in [1.29, 1.82) is 0 Å². The number of piperidine rings is 1. The predicted molar refractivity (Wildman–Crippen MR) is 127 cm³/mol. The summed E-state index contributed by atoms with van der Waals surface area (Å²) < 4.78 is 20.9. The Morgan fingerprint density at radius 1 is 1.06 bits per heavy atom. The largest absolute Gasteiger partial charge is 0.490 e. The minimum atomic E-state index is -0.871. The van der Waals surface area contributed by atoms with E-state index in [4.69, 9.17) is 18.9 Å². The van der Waals surface area contributed by atoms with Gasteiger partial charge in [0.25, 0.3) is 0 Å². The lowest BCUT2D eigenvalue weighted by atomic mass is 9.86. The van der Waals surface area contributed by atoms with Crippen LogP contribution in [0.25, 0.3) is 0 Å². The molecule has 2 aliphatic rings. The summed E-state index contributed by atoms with van der Waals surface area (Å²) in [7, 11) is 2.49. The van der Waals surface area contributed by atoms with Crippen molar-refractivity contribution in [2.45, 2.75) is 69.8 Å². The van der Waals surface area contributed by atoms with Gasteiger partial charge in [-0.3, -0.25) is 0 Å². The zero-order valence-electron chi connectivity index (χ0n) is 21.1. The summed E-state index contributed by atoms with van der Waals surface area (Å²) in [5.41, 5.74) is -1.21. The average molecular weight is 493 g/mol. The summed E-state index contributed by atoms with van der Waals surface area (Å²) in [6.45, 7) is 6.84. The summed E-state index contributed by atoms with van der Waals surface area (Å²) >= 11 is 0. The van der Waals surface area contributed by atoms with Gasteiger partial charge in [0.1, 0.15) is 17.5 Å². The van der Waals surface area contributed by atoms with Crippen molar-refractivity contribution in [1.82, 2.24) is 10.2 Å². The fraction of sp³-hybridized carbons (Fsp3) is 0.640. The van der Waals surface area contributed by atoms with E-state index in [-0.39, 0.29) is 29.4 Å². The maximum absolute atomic E-state index is 12.2. The zero-order chi connectivity index (χ0) is 25.8. The first-order valence-corrected chi connectivity index (χ1v) is 11.8. The first-order valence-electron chi connectivity index (χ1n) is 11.8. The molecule has 0 radical (unpaired) electrons.